The summed E-state index contributed by atoms with van der Waals surface area (Å²) in [7, 11) is 6.32. The fraction of sp³-hybridized carbons (Fsp3) is 0.500. The Hall–Kier alpha value is -0.355. The molecule has 0 aromatic carbocycles. The van der Waals surface area contributed by atoms with Crippen LogP contribution in [0.15, 0.2) is 28.1 Å². The summed E-state index contributed by atoms with van der Waals surface area (Å²) in [6, 6.07) is 9.25. The van der Waals surface area contributed by atoms with Gasteiger partial charge in [0.1, 0.15) is 7.85 Å². The largest absolute Gasteiger partial charge is 0.151 e. The normalized spacial score (nSPS) is 11.4. The fourth-order valence-electron chi connectivity index (χ4n) is 3.55. The van der Waals surface area contributed by atoms with Gasteiger partial charge in [0, 0.05) is 19.5 Å². The summed E-state index contributed by atoms with van der Waals surface area (Å²) >= 11 is 9.30. The summed E-state index contributed by atoms with van der Waals surface area (Å²) in [5.74, 6) is 0. The van der Waals surface area contributed by atoms with Gasteiger partial charge in [0.2, 0.25) is 0 Å². The molecule has 0 aliphatic rings. The Morgan fingerprint density at radius 1 is 0.690 bits per heavy atom. The van der Waals surface area contributed by atoms with E-state index < -0.39 is 0 Å². The van der Waals surface area contributed by atoms with Gasteiger partial charge >= 0.3 is 0 Å². The van der Waals surface area contributed by atoms with Gasteiger partial charge in [0.25, 0.3) is 0 Å². The van der Waals surface area contributed by atoms with Crippen LogP contribution in [0.3, 0.4) is 0 Å². The van der Waals surface area contributed by atoms with Crippen LogP contribution in [0.25, 0.3) is 19.5 Å². The molecule has 0 bridgehead atoms. The zero-order valence-electron chi connectivity index (χ0n) is 17.6. The van der Waals surface area contributed by atoms with Gasteiger partial charge in [-0.1, -0.05) is 52.4 Å². The smallest absolute Gasteiger partial charge is 0.129 e. The Balaban J connectivity index is 1.66. The third kappa shape index (κ3) is 6.56. The number of rotatable bonds is 12. The van der Waals surface area contributed by atoms with Crippen molar-refractivity contribution >= 4 is 62.6 Å². The minimum absolute atomic E-state index is 1.000. The highest BCUT2D eigenvalue weighted by Gasteiger charge is 2.13. The molecular formula is C24H30BBrS3. The molecule has 5 heteroatoms. The monoisotopic (exact) mass is 504 g/mol. The quantitative estimate of drug-likeness (QED) is 0.170. The van der Waals surface area contributed by atoms with Crippen molar-refractivity contribution < 1.29 is 0 Å². The number of hydrogen-bond acceptors (Lipinski definition) is 3. The van der Waals surface area contributed by atoms with E-state index in [9.17, 15) is 0 Å². The molecule has 0 spiro atoms. The Bertz CT molecular complexity index is 819. The molecule has 0 aliphatic heterocycles. The van der Waals surface area contributed by atoms with Gasteiger partial charge in [-0.3, -0.25) is 0 Å². The SMILES string of the molecule is [B]c1sc(-c2ccc(-c3cc(CCCCCC)c(Br)s3)s2)cc1CCCCCC. The number of unbranched alkanes of at least 4 members (excludes halogenated alkanes) is 6. The highest BCUT2D eigenvalue weighted by Crippen LogP contribution is 2.42. The molecular weight excluding hydrogens is 475 g/mol. The number of halogens is 1. The van der Waals surface area contributed by atoms with E-state index in [0.717, 1.165) is 11.2 Å². The van der Waals surface area contributed by atoms with Crippen molar-refractivity contribution in [1.82, 2.24) is 0 Å². The molecule has 3 aromatic heterocycles. The molecule has 3 heterocycles. The van der Waals surface area contributed by atoms with Crippen LogP contribution in [0.1, 0.15) is 76.3 Å². The van der Waals surface area contributed by atoms with Crippen molar-refractivity contribution in [3.63, 3.8) is 0 Å². The van der Waals surface area contributed by atoms with E-state index in [2.05, 4.69) is 54.0 Å². The van der Waals surface area contributed by atoms with Gasteiger partial charge in [-0.15, -0.1) is 22.7 Å². The predicted octanol–water partition coefficient (Wildman–Crippen LogP) is 9.01. The highest BCUT2D eigenvalue weighted by atomic mass is 79.9. The predicted molar refractivity (Wildman–Crippen MR) is 140 cm³/mol. The molecule has 0 saturated heterocycles. The zero-order chi connectivity index (χ0) is 20.6. The second-order valence-electron chi connectivity index (χ2n) is 7.69. The van der Waals surface area contributed by atoms with Crippen molar-refractivity contribution in [3.8, 4) is 19.5 Å². The minimum Gasteiger partial charge on any atom is -0.151 e. The van der Waals surface area contributed by atoms with Crippen LogP contribution in [-0.4, -0.2) is 7.85 Å². The Morgan fingerprint density at radius 3 is 1.86 bits per heavy atom. The second-order valence-corrected chi connectivity index (χ2v) is 12.2. The van der Waals surface area contributed by atoms with Crippen molar-refractivity contribution in [2.45, 2.75) is 78.1 Å². The molecule has 0 nitrogen and oxygen atoms in total. The lowest BCUT2D eigenvalue weighted by Gasteiger charge is -1.99. The zero-order valence-corrected chi connectivity index (χ0v) is 21.6. The summed E-state index contributed by atoms with van der Waals surface area (Å²) in [4.78, 5) is 5.40. The Labute approximate surface area is 198 Å². The highest BCUT2D eigenvalue weighted by molar-refractivity contribution is 9.11. The third-order valence-electron chi connectivity index (χ3n) is 5.29. The second kappa shape index (κ2) is 11.9. The van der Waals surface area contributed by atoms with E-state index in [-0.39, 0.29) is 0 Å². The molecule has 3 aromatic rings. The van der Waals surface area contributed by atoms with E-state index in [1.54, 1.807) is 11.3 Å². The first-order valence-electron chi connectivity index (χ1n) is 10.9. The molecule has 154 valence electrons. The average molecular weight is 505 g/mol. The summed E-state index contributed by atoms with van der Waals surface area (Å²) in [6.45, 7) is 4.52. The Kier molecular flexibility index (Phi) is 9.55. The van der Waals surface area contributed by atoms with Crippen LogP contribution in [0.4, 0.5) is 0 Å². The molecule has 0 fully saturated rings. The van der Waals surface area contributed by atoms with E-state index in [0.29, 0.717) is 0 Å². The molecule has 0 amide bonds. The topological polar surface area (TPSA) is 0 Å². The maximum absolute atomic E-state index is 6.32. The van der Waals surface area contributed by atoms with E-state index in [1.807, 2.05) is 22.7 Å². The van der Waals surface area contributed by atoms with E-state index in [4.69, 9.17) is 7.85 Å². The fourth-order valence-corrected chi connectivity index (χ4v) is 7.46. The first-order valence-corrected chi connectivity index (χ1v) is 14.1. The van der Waals surface area contributed by atoms with Gasteiger partial charge in [-0.05, 0) is 81.8 Å². The summed E-state index contributed by atoms with van der Waals surface area (Å²) < 4.78 is 2.30. The van der Waals surface area contributed by atoms with Crippen LogP contribution in [0, 0.1) is 0 Å². The van der Waals surface area contributed by atoms with Gasteiger partial charge < -0.3 is 0 Å². The third-order valence-corrected chi connectivity index (χ3v) is 9.73. The van der Waals surface area contributed by atoms with Crippen molar-refractivity contribution in [2.24, 2.45) is 0 Å². The Morgan fingerprint density at radius 2 is 1.24 bits per heavy atom. The van der Waals surface area contributed by atoms with Crippen molar-refractivity contribution in [3.05, 3.63) is 39.2 Å². The maximum Gasteiger partial charge on any atom is 0.129 e. The molecule has 2 radical (unpaired) electrons. The summed E-state index contributed by atoms with van der Waals surface area (Å²) in [5, 5.41) is 0. The lowest BCUT2D eigenvalue weighted by molar-refractivity contribution is 0.667. The molecule has 0 N–H and O–H groups in total. The van der Waals surface area contributed by atoms with Crippen LogP contribution in [-0.2, 0) is 12.8 Å². The summed E-state index contributed by atoms with van der Waals surface area (Å²) in [5.41, 5.74) is 2.80. The number of aryl methyl sites for hydroxylation is 2. The lowest BCUT2D eigenvalue weighted by atomic mass is 9.98. The maximum atomic E-state index is 6.32. The van der Waals surface area contributed by atoms with Crippen molar-refractivity contribution in [2.75, 3.05) is 0 Å². The standard InChI is InChI=1S/C24H30BBrS3/c1-3-5-7-9-11-17-15-21(28-23(17)25)19-13-14-20(27-19)22-16-18(24(26)29-22)12-10-8-6-4-2/h13-16H,3-12H2,1-2H3. The molecule has 0 unspecified atom stereocenters. The molecule has 0 atom stereocenters. The lowest BCUT2D eigenvalue weighted by Crippen LogP contribution is -2.02. The van der Waals surface area contributed by atoms with Crippen LogP contribution in [0.5, 0.6) is 0 Å². The molecule has 3 rings (SSSR count). The first kappa shape index (κ1) is 23.3. The van der Waals surface area contributed by atoms with Crippen molar-refractivity contribution in [1.29, 1.82) is 0 Å². The van der Waals surface area contributed by atoms with Gasteiger partial charge in [-0.2, -0.15) is 11.3 Å². The van der Waals surface area contributed by atoms with E-state index in [1.165, 1.54) is 92.2 Å². The molecule has 0 saturated carbocycles. The average Bonchev–Trinajstić information content (AvgIpc) is 3.42. The first-order chi connectivity index (χ1) is 14.1. The van der Waals surface area contributed by atoms with Gasteiger partial charge in [0.05, 0.1) is 3.79 Å². The van der Waals surface area contributed by atoms with Gasteiger partial charge in [-0.25, -0.2) is 0 Å². The van der Waals surface area contributed by atoms with Crippen LogP contribution in [0.2, 0.25) is 0 Å². The van der Waals surface area contributed by atoms with Gasteiger partial charge in [0.15, 0.2) is 0 Å². The number of thiophene rings is 3. The minimum atomic E-state index is 1.000. The number of hydrogen-bond donors (Lipinski definition) is 0. The molecule has 29 heavy (non-hydrogen) atoms. The van der Waals surface area contributed by atoms with Crippen LogP contribution >= 0.6 is 49.9 Å². The molecule has 0 aliphatic carbocycles. The van der Waals surface area contributed by atoms with Crippen LogP contribution < -0.4 is 4.78 Å². The summed E-state index contributed by atoms with van der Waals surface area (Å²) in [6.07, 6.45) is 12.7. The van der Waals surface area contributed by atoms with E-state index >= 15 is 0 Å².